The lowest BCUT2D eigenvalue weighted by Crippen LogP contribution is -2.34. The molecule has 1 aliphatic rings. The molecule has 5 nitrogen and oxygen atoms in total. The van der Waals surface area contributed by atoms with E-state index in [1.807, 2.05) is 13.0 Å². The van der Waals surface area contributed by atoms with E-state index in [1.54, 1.807) is 12.3 Å². The molecule has 3 aromatic rings. The summed E-state index contributed by atoms with van der Waals surface area (Å²) in [6.07, 6.45) is 8.36. The summed E-state index contributed by atoms with van der Waals surface area (Å²) in [5.74, 6) is -4.01. The van der Waals surface area contributed by atoms with Crippen LogP contribution in [0.4, 0.5) is 13.2 Å². The molecule has 1 aliphatic carbocycles. The quantitative estimate of drug-likeness (QED) is 0.326. The molecule has 1 saturated carbocycles. The molecule has 170 valence electrons. The number of carbonyl (C=O) groups is 1. The highest BCUT2D eigenvalue weighted by atomic mass is 19.2. The van der Waals surface area contributed by atoms with E-state index in [9.17, 15) is 18.0 Å². The van der Waals surface area contributed by atoms with Crippen LogP contribution >= 0.6 is 0 Å². The van der Waals surface area contributed by atoms with Gasteiger partial charge in [0, 0.05) is 18.8 Å². The first kappa shape index (κ1) is 22.3. The Labute approximate surface area is 185 Å². The molecule has 0 aliphatic heterocycles. The normalized spacial score (nSPS) is 14.4. The van der Waals surface area contributed by atoms with Gasteiger partial charge in [-0.2, -0.15) is 0 Å². The van der Waals surface area contributed by atoms with Crippen LogP contribution in [0.2, 0.25) is 0 Å². The Bertz CT molecular complexity index is 1110. The topological polar surface area (TPSA) is 51.0 Å². The second-order valence-corrected chi connectivity index (χ2v) is 8.33. The van der Waals surface area contributed by atoms with E-state index in [4.69, 9.17) is 4.98 Å². The first-order valence-electron chi connectivity index (χ1n) is 11.3. The van der Waals surface area contributed by atoms with Gasteiger partial charge in [0.15, 0.2) is 17.3 Å². The number of hydrogen-bond acceptors (Lipinski definition) is 3. The van der Waals surface area contributed by atoms with Gasteiger partial charge in [0.05, 0.1) is 6.54 Å². The smallest absolute Gasteiger partial charge is 0.260 e. The van der Waals surface area contributed by atoms with Crippen LogP contribution in [-0.4, -0.2) is 31.9 Å². The highest BCUT2D eigenvalue weighted by Gasteiger charge is 2.29. The van der Waals surface area contributed by atoms with E-state index in [-0.39, 0.29) is 12.6 Å². The zero-order chi connectivity index (χ0) is 22.7. The van der Waals surface area contributed by atoms with Gasteiger partial charge in [0.1, 0.15) is 22.7 Å². The highest BCUT2D eigenvalue weighted by molar-refractivity contribution is 5.94. The lowest BCUT2D eigenvalue weighted by atomic mass is 10.1. The summed E-state index contributed by atoms with van der Waals surface area (Å²) in [4.78, 5) is 23.8. The van der Waals surface area contributed by atoms with Gasteiger partial charge in [0.25, 0.3) is 5.91 Å². The van der Waals surface area contributed by atoms with Gasteiger partial charge < -0.3 is 9.47 Å². The number of benzene rings is 1. The highest BCUT2D eigenvalue weighted by Crippen LogP contribution is 2.33. The van der Waals surface area contributed by atoms with Crippen molar-refractivity contribution in [3.05, 3.63) is 59.3 Å². The van der Waals surface area contributed by atoms with E-state index in [2.05, 4.69) is 9.55 Å². The molecule has 0 spiro atoms. The molecule has 32 heavy (non-hydrogen) atoms. The minimum atomic E-state index is -1.46. The summed E-state index contributed by atoms with van der Waals surface area (Å²) in [7, 11) is 0. The molecule has 4 rings (SSSR count). The molecule has 0 saturated heterocycles. The number of aromatic nitrogens is 3. The maximum absolute atomic E-state index is 14.4. The third-order valence-corrected chi connectivity index (χ3v) is 6.12. The van der Waals surface area contributed by atoms with Gasteiger partial charge in [-0.3, -0.25) is 4.79 Å². The van der Waals surface area contributed by atoms with Gasteiger partial charge in [0.2, 0.25) is 0 Å². The molecular formula is C24H27F3N4O. The standard InChI is InChI=1S/C24H27F3N4O/c1-2-3-6-14-30(24(32)21-17(25)11-12-18(26)22(21)27)15-20-29-19-10-7-13-28-23(19)31(20)16-8-4-5-9-16/h7,10-13,16H,2-6,8-9,14-15H2,1H3. The van der Waals surface area contributed by atoms with Crippen molar-refractivity contribution in [3.8, 4) is 0 Å². The average molecular weight is 445 g/mol. The first-order chi connectivity index (χ1) is 15.5. The summed E-state index contributed by atoms with van der Waals surface area (Å²) in [6, 6.07) is 5.37. The van der Waals surface area contributed by atoms with E-state index < -0.39 is 28.9 Å². The largest absolute Gasteiger partial charge is 0.331 e. The summed E-state index contributed by atoms with van der Waals surface area (Å²) in [5, 5.41) is 0. The predicted octanol–water partition coefficient (Wildman–Crippen LogP) is 5.80. The number of carbonyl (C=O) groups excluding carboxylic acids is 1. The van der Waals surface area contributed by atoms with Crippen molar-refractivity contribution in [2.75, 3.05) is 6.54 Å². The van der Waals surface area contributed by atoms with Crippen LogP contribution in [0.25, 0.3) is 11.2 Å². The zero-order valence-electron chi connectivity index (χ0n) is 18.2. The van der Waals surface area contributed by atoms with Crippen LogP contribution in [0.5, 0.6) is 0 Å². The molecule has 1 amide bonds. The Hall–Kier alpha value is -2.90. The number of pyridine rings is 1. The Morgan fingerprint density at radius 1 is 1.12 bits per heavy atom. The fourth-order valence-electron chi connectivity index (χ4n) is 4.49. The Morgan fingerprint density at radius 3 is 2.62 bits per heavy atom. The molecular weight excluding hydrogens is 417 g/mol. The van der Waals surface area contributed by atoms with Crippen molar-refractivity contribution in [2.24, 2.45) is 0 Å². The summed E-state index contributed by atoms with van der Waals surface area (Å²) in [5.41, 5.74) is 0.611. The maximum Gasteiger partial charge on any atom is 0.260 e. The van der Waals surface area contributed by atoms with Crippen molar-refractivity contribution in [1.29, 1.82) is 0 Å². The average Bonchev–Trinajstić information content (AvgIpc) is 3.43. The summed E-state index contributed by atoms with van der Waals surface area (Å²) in [6.45, 7) is 2.40. The van der Waals surface area contributed by atoms with Crippen LogP contribution in [0, 0.1) is 17.5 Å². The summed E-state index contributed by atoms with van der Waals surface area (Å²) >= 11 is 0. The number of halogens is 3. The van der Waals surface area contributed by atoms with Crippen molar-refractivity contribution in [1.82, 2.24) is 19.4 Å². The van der Waals surface area contributed by atoms with Gasteiger partial charge in [-0.1, -0.05) is 32.6 Å². The van der Waals surface area contributed by atoms with E-state index in [0.29, 0.717) is 24.9 Å². The Balaban J connectivity index is 1.72. The molecule has 0 atom stereocenters. The van der Waals surface area contributed by atoms with Crippen molar-refractivity contribution in [2.45, 2.75) is 64.5 Å². The zero-order valence-corrected chi connectivity index (χ0v) is 18.2. The molecule has 8 heteroatoms. The molecule has 0 N–H and O–H groups in total. The number of unbranched alkanes of at least 4 members (excludes halogenated alkanes) is 2. The molecule has 1 fully saturated rings. The Kier molecular flexibility index (Phi) is 6.77. The molecule has 0 unspecified atom stereocenters. The van der Waals surface area contributed by atoms with Crippen LogP contribution < -0.4 is 0 Å². The van der Waals surface area contributed by atoms with Gasteiger partial charge >= 0.3 is 0 Å². The van der Waals surface area contributed by atoms with E-state index in [1.165, 1.54) is 4.90 Å². The SMILES string of the molecule is CCCCCN(Cc1nc2cccnc2n1C1CCCC1)C(=O)c1c(F)ccc(F)c1F. The molecule has 0 bridgehead atoms. The first-order valence-corrected chi connectivity index (χ1v) is 11.3. The lowest BCUT2D eigenvalue weighted by molar-refractivity contribution is 0.0722. The fourth-order valence-corrected chi connectivity index (χ4v) is 4.49. The number of nitrogens with zero attached hydrogens (tertiary/aromatic N) is 4. The number of fused-ring (bicyclic) bond motifs is 1. The van der Waals surface area contributed by atoms with Crippen LogP contribution in [0.3, 0.4) is 0 Å². The molecule has 2 heterocycles. The minimum Gasteiger partial charge on any atom is -0.331 e. The molecule has 1 aromatic carbocycles. The van der Waals surface area contributed by atoms with Crippen LogP contribution in [0.1, 0.15) is 74.1 Å². The monoisotopic (exact) mass is 444 g/mol. The second-order valence-electron chi connectivity index (χ2n) is 8.33. The van der Waals surface area contributed by atoms with E-state index >= 15 is 0 Å². The minimum absolute atomic E-state index is 0.0742. The van der Waals surface area contributed by atoms with Crippen molar-refractivity contribution in [3.63, 3.8) is 0 Å². The van der Waals surface area contributed by atoms with Crippen molar-refractivity contribution >= 4 is 17.1 Å². The van der Waals surface area contributed by atoms with Crippen molar-refractivity contribution < 1.29 is 18.0 Å². The number of rotatable bonds is 8. The maximum atomic E-state index is 14.4. The fraction of sp³-hybridized carbons (Fsp3) is 0.458. The summed E-state index contributed by atoms with van der Waals surface area (Å²) < 4.78 is 44.6. The van der Waals surface area contributed by atoms with E-state index in [0.717, 1.165) is 55.8 Å². The van der Waals surface area contributed by atoms with Gasteiger partial charge in [-0.05, 0) is 43.5 Å². The number of amides is 1. The predicted molar refractivity (Wildman–Crippen MR) is 116 cm³/mol. The van der Waals surface area contributed by atoms with Crippen LogP contribution in [-0.2, 0) is 6.54 Å². The van der Waals surface area contributed by atoms with Crippen LogP contribution in [0.15, 0.2) is 30.5 Å². The third-order valence-electron chi connectivity index (χ3n) is 6.12. The van der Waals surface area contributed by atoms with Gasteiger partial charge in [-0.25, -0.2) is 23.1 Å². The Morgan fingerprint density at radius 2 is 1.88 bits per heavy atom. The number of imidazole rings is 1. The second kappa shape index (κ2) is 9.71. The molecule has 2 aromatic heterocycles. The lowest BCUT2D eigenvalue weighted by Gasteiger charge is -2.25. The third kappa shape index (κ3) is 4.36. The number of hydrogen-bond donors (Lipinski definition) is 0. The molecule has 0 radical (unpaired) electrons. The van der Waals surface area contributed by atoms with Gasteiger partial charge in [-0.15, -0.1) is 0 Å².